The van der Waals surface area contributed by atoms with E-state index in [2.05, 4.69) is 24.8 Å². The quantitative estimate of drug-likeness (QED) is 0.646. The Morgan fingerprint density at radius 2 is 1.93 bits per heavy atom. The summed E-state index contributed by atoms with van der Waals surface area (Å²) in [5.74, 6) is 0.874. The van der Waals surface area contributed by atoms with Crippen molar-refractivity contribution in [2.24, 2.45) is 11.8 Å². The van der Waals surface area contributed by atoms with Crippen molar-refractivity contribution in [1.29, 1.82) is 5.26 Å². The summed E-state index contributed by atoms with van der Waals surface area (Å²) < 4.78 is 0. The first-order valence-corrected chi connectivity index (χ1v) is 5.59. The average Bonchev–Trinajstić information content (AvgIpc) is 2.13. The van der Waals surface area contributed by atoms with E-state index >= 15 is 0 Å². The second-order valence-corrected chi connectivity index (χ2v) is 4.66. The lowest BCUT2D eigenvalue weighted by Crippen LogP contribution is -2.35. The van der Waals surface area contributed by atoms with Crippen LogP contribution in [0.5, 0.6) is 0 Å². The number of nitriles is 1. The second kappa shape index (κ2) is 7.42. The molecular weight excluding hydrogens is 188 g/mol. The molecule has 0 radical (unpaired) electrons. The molecule has 0 atom stereocenters. The fraction of sp³-hybridized carbons (Fsp3) is 0.833. The zero-order valence-electron chi connectivity index (χ0n) is 10.3. The predicted molar refractivity (Wildman–Crippen MR) is 61.4 cm³/mol. The van der Waals surface area contributed by atoms with Gasteiger partial charge in [0, 0.05) is 25.4 Å². The van der Waals surface area contributed by atoms with Crippen molar-refractivity contribution in [2.45, 2.75) is 34.1 Å². The molecule has 0 N–H and O–H groups in total. The highest BCUT2D eigenvalue weighted by molar-refractivity contribution is 5.82. The second-order valence-electron chi connectivity index (χ2n) is 4.66. The average molecular weight is 210 g/mol. The number of hydrogen-bond acceptors (Lipinski definition) is 3. The van der Waals surface area contributed by atoms with E-state index in [0.717, 1.165) is 6.54 Å². The molecule has 0 aromatic rings. The number of nitrogens with zero attached hydrogens (tertiary/aromatic N) is 2. The molecule has 0 aliphatic carbocycles. The molecule has 0 rings (SSSR count). The fourth-order valence-electron chi connectivity index (χ4n) is 1.36. The van der Waals surface area contributed by atoms with E-state index in [-0.39, 0.29) is 11.7 Å². The van der Waals surface area contributed by atoms with Gasteiger partial charge in [-0.1, -0.05) is 27.7 Å². The normalized spacial score (nSPS) is 11.1. The van der Waals surface area contributed by atoms with E-state index < -0.39 is 0 Å². The first-order chi connectivity index (χ1) is 6.97. The van der Waals surface area contributed by atoms with Crippen LogP contribution in [0.25, 0.3) is 0 Å². The van der Waals surface area contributed by atoms with Gasteiger partial charge in [0.05, 0.1) is 12.6 Å². The number of Topliss-reactive ketones (excluding diaryl/α,β-unsaturated/α-hetero) is 1. The zero-order chi connectivity index (χ0) is 11.8. The summed E-state index contributed by atoms with van der Waals surface area (Å²) in [6, 6.07) is 2.12. The van der Waals surface area contributed by atoms with Gasteiger partial charge in [-0.2, -0.15) is 5.26 Å². The Morgan fingerprint density at radius 1 is 1.33 bits per heavy atom. The van der Waals surface area contributed by atoms with Crippen LogP contribution >= 0.6 is 0 Å². The third-order valence-corrected chi connectivity index (χ3v) is 2.19. The van der Waals surface area contributed by atoms with Gasteiger partial charge in [0.1, 0.15) is 5.78 Å². The van der Waals surface area contributed by atoms with Gasteiger partial charge < -0.3 is 0 Å². The minimum Gasteiger partial charge on any atom is -0.298 e. The molecule has 0 bridgehead atoms. The standard InChI is InChI=1S/C12H22N2O/c1-10(2)8-14(7-5-6-13)9-12(15)11(3)4/h10-11H,5,7-9H2,1-4H3. The third-order valence-electron chi connectivity index (χ3n) is 2.19. The molecule has 0 aromatic heterocycles. The Labute approximate surface area is 93.1 Å². The van der Waals surface area contributed by atoms with E-state index in [1.54, 1.807) is 0 Å². The number of carbonyl (C=O) groups is 1. The molecule has 0 unspecified atom stereocenters. The number of ketones is 1. The van der Waals surface area contributed by atoms with E-state index in [1.807, 2.05) is 13.8 Å². The zero-order valence-corrected chi connectivity index (χ0v) is 10.3. The smallest absolute Gasteiger partial charge is 0.149 e. The number of hydrogen-bond donors (Lipinski definition) is 0. The van der Waals surface area contributed by atoms with E-state index in [9.17, 15) is 4.79 Å². The maximum Gasteiger partial charge on any atom is 0.149 e. The Kier molecular flexibility index (Phi) is 6.98. The van der Waals surface area contributed by atoms with Crippen LogP contribution in [0.1, 0.15) is 34.1 Å². The topological polar surface area (TPSA) is 44.1 Å². The molecule has 0 amide bonds. The summed E-state index contributed by atoms with van der Waals surface area (Å²) in [4.78, 5) is 13.7. The summed E-state index contributed by atoms with van der Waals surface area (Å²) >= 11 is 0. The van der Waals surface area contributed by atoms with Crippen molar-refractivity contribution in [2.75, 3.05) is 19.6 Å². The van der Waals surface area contributed by atoms with Crippen LogP contribution in [0.2, 0.25) is 0 Å². The minimum absolute atomic E-state index is 0.0850. The molecule has 0 saturated heterocycles. The lowest BCUT2D eigenvalue weighted by atomic mass is 10.1. The lowest BCUT2D eigenvalue weighted by Gasteiger charge is -2.23. The van der Waals surface area contributed by atoms with Gasteiger partial charge in [-0.15, -0.1) is 0 Å². The highest BCUT2D eigenvalue weighted by Crippen LogP contribution is 2.03. The molecular formula is C12H22N2O. The van der Waals surface area contributed by atoms with Crippen LogP contribution in [0, 0.1) is 23.2 Å². The number of rotatable bonds is 7. The van der Waals surface area contributed by atoms with Gasteiger partial charge in [0.25, 0.3) is 0 Å². The van der Waals surface area contributed by atoms with Crippen LogP contribution in [-0.4, -0.2) is 30.3 Å². The molecule has 0 fully saturated rings. The highest BCUT2D eigenvalue weighted by atomic mass is 16.1. The molecule has 0 spiro atoms. The monoisotopic (exact) mass is 210 g/mol. The molecule has 0 aromatic carbocycles. The molecule has 15 heavy (non-hydrogen) atoms. The van der Waals surface area contributed by atoms with Gasteiger partial charge in [0.15, 0.2) is 0 Å². The van der Waals surface area contributed by atoms with E-state index in [4.69, 9.17) is 5.26 Å². The van der Waals surface area contributed by atoms with Crippen LogP contribution < -0.4 is 0 Å². The summed E-state index contributed by atoms with van der Waals surface area (Å²) in [6.07, 6.45) is 0.498. The fourth-order valence-corrected chi connectivity index (χ4v) is 1.36. The van der Waals surface area contributed by atoms with Crippen LogP contribution in [0.15, 0.2) is 0 Å². The first kappa shape index (κ1) is 14.1. The summed E-state index contributed by atoms with van der Waals surface area (Å²) in [6.45, 7) is 10.2. The Morgan fingerprint density at radius 3 is 2.33 bits per heavy atom. The van der Waals surface area contributed by atoms with Gasteiger partial charge in [0.2, 0.25) is 0 Å². The van der Waals surface area contributed by atoms with Crippen molar-refractivity contribution in [1.82, 2.24) is 4.90 Å². The predicted octanol–water partition coefficient (Wildman–Crippen LogP) is 2.08. The van der Waals surface area contributed by atoms with Gasteiger partial charge >= 0.3 is 0 Å². The van der Waals surface area contributed by atoms with Crippen LogP contribution in [0.3, 0.4) is 0 Å². The van der Waals surface area contributed by atoms with Crippen molar-refractivity contribution in [3.8, 4) is 6.07 Å². The molecule has 0 aliphatic rings. The third kappa shape index (κ3) is 7.10. The Hall–Kier alpha value is -0.880. The van der Waals surface area contributed by atoms with Gasteiger partial charge in [-0.05, 0) is 5.92 Å². The van der Waals surface area contributed by atoms with Crippen LogP contribution in [-0.2, 0) is 4.79 Å². The molecule has 0 heterocycles. The summed E-state index contributed by atoms with van der Waals surface area (Å²) in [5.41, 5.74) is 0. The first-order valence-electron chi connectivity index (χ1n) is 5.59. The maximum absolute atomic E-state index is 11.6. The molecule has 3 nitrogen and oxygen atoms in total. The molecule has 0 saturated carbocycles. The Bertz CT molecular complexity index is 228. The van der Waals surface area contributed by atoms with Crippen molar-refractivity contribution < 1.29 is 4.79 Å². The molecule has 0 aliphatic heterocycles. The lowest BCUT2D eigenvalue weighted by molar-refractivity contribution is -0.123. The maximum atomic E-state index is 11.6. The summed E-state index contributed by atoms with van der Waals surface area (Å²) in [7, 11) is 0. The van der Waals surface area contributed by atoms with Crippen molar-refractivity contribution in [3.63, 3.8) is 0 Å². The SMILES string of the molecule is CC(C)CN(CCC#N)CC(=O)C(C)C. The van der Waals surface area contributed by atoms with Crippen molar-refractivity contribution in [3.05, 3.63) is 0 Å². The summed E-state index contributed by atoms with van der Waals surface area (Å²) in [5, 5.41) is 8.53. The Balaban J connectivity index is 4.12. The number of carbonyl (C=O) groups excluding carboxylic acids is 1. The molecule has 86 valence electrons. The van der Waals surface area contributed by atoms with Crippen molar-refractivity contribution >= 4 is 5.78 Å². The molecule has 3 heteroatoms. The van der Waals surface area contributed by atoms with Gasteiger partial charge in [-0.3, -0.25) is 9.69 Å². The van der Waals surface area contributed by atoms with Gasteiger partial charge in [-0.25, -0.2) is 0 Å². The minimum atomic E-state index is 0.0850. The van der Waals surface area contributed by atoms with Crippen LogP contribution in [0.4, 0.5) is 0 Å². The highest BCUT2D eigenvalue weighted by Gasteiger charge is 2.14. The largest absolute Gasteiger partial charge is 0.298 e. The van der Waals surface area contributed by atoms with E-state index in [0.29, 0.717) is 25.4 Å². The van der Waals surface area contributed by atoms with E-state index in [1.165, 1.54) is 0 Å².